The molecular formula is C15H17NO3S2Se. The van der Waals surface area contributed by atoms with Gasteiger partial charge in [-0.25, -0.2) is 0 Å². The van der Waals surface area contributed by atoms with E-state index in [9.17, 15) is 13.5 Å². The number of sulfonamides is 1. The van der Waals surface area contributed by atoms with Gasteiger partial charge in [-0.3, -0.25) is 0 Å². The Morgan fingerprint density at radius 1 is 1.09 bits per heavy atom. The molecule has 0 aromatic heterocycles. The summed E-state index contributed by atoms with van der Waals surface area (Å²) in [5.74, 6) is 0.587. The van der Waals surface area contributed by atoms with Crippen molar-refractivity contribution in [3.8, 4) is 0 Å². The van der Waals surface area contributed by atoms with Crippen molar-refractivity contribution in [2.75, 3.05) is 5.75 Å². The predicted octanol–water partition coefficient (Wildman–Crippen LogP) is 1.23. The van der Waals surface area contributed by atoms with Crippen molar-refractivity contribution >= 4 is 41.2 Å². The molecule has 118 valence electrons. The van der Waals surface area contributed by atoms with Gasteiger partial charge in [0.05, 0.1) is 0 Å². The van der Waals surface area contributed by atoms with Crippen LogP contribution in [0.5, 0.6) is 0 Å². The van der Waals surface area contributed by atoms with Crippen LogP contribution in [0.4, 0.5) is 0 Å². The van der Waals surface area contributed by atoms with Crippen LogP contribution in [0.2, 0.25) is 5.32 Å². The summed E-state index contributed by atoms with van der Waals surface area (Å²) in [6.45, 7) is 0. The van der Waals surface area contributed by atoms with Crippen molar-refractivity contribution in [3.63, 3.8) is 0 Å². The van der Waals surface area contributed by atoms with E-state index < -0.39 is 10.0 Å². The van der Waals surface area contributed by atoms with Crippen LogP contribution in [0.3, 0.4) is 0 Å². The van der Waals surface area contributed by atoms with E-state index >= 15 is 0 Å². The molecule has 2 aromatic carbocycles. The maximum absolute atomic E-state index is 11.2. The Balaban J connectivity index is 1.80. The third kappa shape index (κ3) is 5.76. The summed E-state index contributed by atoms with van der Waals surface area (Å²) in [7, 11) is -3.65. The van der Waals surface area contributed by atoms with Gasteiger partial charge in [-0.05, 0) is 0 Å². The third-order valence-corrected chi connectivity index (χ3v) is 7.29. The van der Waals surface area contributed by atoms with E-state index in [1.54, 1.807) is 12.1 Å². The summed E-state index contributed by atoms with van der Waals surface area (Å²) in [4.78, 5) is 1.02. The molecule has 4 nitrogen and oxygen atoms in total. The molecule has 0 aliphatic carbocycles. The molecule has 0 unspecified atom stereocenters. The molecule has 0 saturated heterocycles. The number of benzene rings is 2. The fraction of sp³-hybridized carbons (Fsp3) is 0.200. The Kier molecular flexibility index (Phi) is 6.49. The number of aliphatic hydroxyl groups is 1. The van der Waals surface area contributed by atoms with Gasteiger partial charge in [0.25, 0.3) is 0 Å². The van der Waals surface area contributed by atoms with Crippen LogP contribution in [-0.2, 0) is 10.0 Å². The van der Waals surface area contributed by atoms with Crippen molar-refractivity contribution < 1.29 is 13.5 Å². The van der Waals surface area contributed by atoms with E-state index in [-0.39, 0.29) is 26.0 Å². The van der Waals surface area contributed by atoms with Gasteiger partial charge >= 0.3 is 141 Å². The second kappa shape index (κ2) is 8.15. The molecule has 1 atom stereocenters. The minimum absolute atomic E-state index is 0.102. The topological polar surface area (TPSA) is 80.4 Å². The fourth-order valence-electron chi connectivity index (χ4n) is 1.68. The zero-order valence-electron chi connectivity index (χ0n) is 11.8. The van der Waals surface area contributed by atoms with Gasteiger partial charge in [0.1, 0.15) is 0 Å². The predicted molar refractivity (Wildman–Crippen MR) is 91.2 cm³/mol. The molecule has 0 aliphatic rings. The number of nitrogens with two attached hydrogens (primary N) is 1. The SMILES string of the molecule is NS(=O)(=O)c1ccc(SC[C@@H](O)C[Se]c2ccccc2)cc1. The Labute approximate surface area is 141 Å². The number of hydrogen-bond acceptors (Lipinski definition) is 4. The number of rotatable bonds is 7. The first-order valence-corrected chi connectivity index (χ1v) is 11.2. The first-order chi connectivity index (χ1) is 10.4. The van der Waals surface area contributed by atoms with Crippen LogP contribution in [0.1, 0.15) is 0 Å². The van der Waals surface area contributed by atoms with Gasteiger partial charge in [-0.1, -0.05) is 0 Å². The van der Waals surface area contributed by atoms with Crippen LogP contribution < -0.4 is 9.60 Å². The van der Waals surface area contributed by atoms with Crippen molar-refractivity contribution in [2.45, 2.75) is 21.2 Å². The second-order valence-electron chi connectivity index (χ2n) is 4.61. The number of primary sulfonamides is 1. The molecule has 0 saturated carbocycles. The second-order valence-corrected chi connectivity index (χ2v) is 9.55. The molecule has 2 rings (SSSR count). The number of hydrogen-bond donors (Lipinski definition) is 2. The summed E-state index contributed by atoms with van der Waals surface area (Å²) in [6, 6.07) is 16.5. The van der Waals surface area contributed by atoms with Crippen LogP contribution in [0.15, 0.2) is 64.4 Å². The van der Waals surface area contributed by atoms with E-state index in [1.807, 2.05) is 18.2 Å². The molecule has 0 bridgehead atoms. The molecule has 0 fully saturated rings. The zero-order chi connectivity index (χ0) is 16.0. The average Bonchev–Trinajstić information content (AvgIpc) is 2.51. The fourth-order valence-corrected chi connectivity index (χ4v) is 5.15. The van der Waals surface area contributed by atoms with Gasteiger partial charge in [0.15, 0.2) is 0 Å². The van der Waals surface area contributed by atoms with Gasteiger partial charge in [-0.2, -0.15) is 0 Å². The Hall–Kier alpha value is -0.821. The minimum atomic E-state index is -3.65. The molecule has 7 heteroatoms. The number of aliphatic hydroxyl groups excluding tert-OH is 1. The van der Waals surface area contributed by atoms with E-state index in [4.69, 9.17) is 5.14 Å². The van der Waals surface area contributed by atoms with E-state index in [0.717, 1.165) is 10.2 Å². The summed E-state index contributed by atoms with van der Waals surface area (Å²) in [5, 5.41) is 15.8. The van der Waals surface area contributed by atoms with E-state index in [0.29, 0.717) is 5.75 Å². The van der Waals surface area contributed by atoms with Gasteiger partial charge in [-0.15, -0.1) is 0 Å². The van der Waals surface area contributed by atoms with E-state index in [1.165, 1.54) is 28.4 Å². The van der Waals surface area contributed by atoms with Crippen LogP contribution in [-0.4, -0.2) is 40.3 Å². The van der Waals surface area contributed by atoms with Crippen molar-refractivity contribution in [1.29, 1.82) is 0 Å². The molecule has 0 spiro atoms. The standard InChI is InChI=1S/C15H17NO3S2Se/c16-21(18,19)14-8-6-13(7-9-14)20-10-12(17)11-22-15-4-2-1-3-5-15/h1-9,12,17H,10-11H2,(H2,16,18,19)/t12-/m1/s1. The number of thioether (sulfide) groups is 1. The molecule has 0 radical (unpaired) electrons. The first-order valence-electron chi connectivity index (χ1n) is 6.57. The van der Waals surface area contributed by atoms with Crippen molar-refractivity contribution in [2.24, 2.45) is 5.14 Å². The van der Waals surface area contributed by atoms with Crippen molar-refractivity contribution in [3.05, 3.63) is 54.6 Å². The normalized spacial score (nSPS) is 13.0. The van der Waals surface area contributed by atoms with E-state index in [2.05, 4.69) is 12.1 Å². The monoisotopic (exact) mass is 403 g/mol. The molecule has 0 aliphatic heterocycles. The van der Waals surface area contributed by atoms with Crippen LogP contribution in [0.25, 0.3) is 0 Å². The van der Waals surface area contributed by atoms with Gasteiger partial charge < -0.3 is 0 Å². The molecule has 22 heavy (non-hydrogen) atoms. The third-order valence-electron chi connectivity index (χ3n) is 2.78. The van der Waals surface area contributed by atoms with Crippen LogP contribution >= 0.6 is 11.8 Å². The Bertz CT molecular complexity index is 690. The summed E-state index contributed by atoms with van der Waals surface area (Å²) < 4.78 is 23.6. The average molecular weight is 402 g/mol. The van der Waals surface area contributed by atoms with Crippen LogP contribution in [0, 0.1) is 0 Å². The van der Waals surface area contributed by atoms with Gasteiger partial charge in [0.2, 0.25) is 0 Å². The quantitative estimate of drug-likeness (QED) is 0.539. The first kappa shape index (κ1) is 17.5. The molecular weight excluding hydrogens is 385 g/mol. The maximum atomic E-state index is 11.2. The molecule has 0 heterocycles. The molecule has 2 aromatic rings. The molecule has 0 amide bonds. The summed E-state index contributed by atoms with van der Waals surface area (Å²) >= 11 is 1.77. The summed E-state index contributed by atoms with van der Waals surface area (Å²) in [6.07, 6.45) is -0.372. The Morgan fingerprint density at radius 3 is 2.32 bits per heavy atom. The summed E-state index contributed by atoms with van der Waals surface area (Å²) in [5.41, 5.74) is 0. The van der Waals surface area contributed by atoms with Gasteiger partial charge in [0, 0.05) is 0 Å². The zero-order valence-corrected chi connectivity index (χ0v) is 15.1. The molecule has 3 N–H and O–H groups in total. The van der Waals surface area contributed by atoms with Crippen molar-refractivity contribution in [1.82, 2.24) is 0 Å². The Morgan fingerprint density at radius 2 is 1.73 bits per heavy atom.